The number of carbonyl (C=O) groups is 2. The summed E-state index contributed by atoms with van der Waals surface area (Å²) in [5.41, 5.74) is 1.26. The molecule has 156 valence electrons. The van der Waals surface area contributed by atoms with Crippen molar-refractivity contribution in [1.29, 1.82) is 0 Å². The maximum atomic E-state index is 13.2. The Morgan fingerprint density at radius 3 is 2.52 bits per heavy atom. The molecule has 4 nitrogen and oxygen atoms in total. The van der Waals surface area contributed by atoms with Gasteiger partial charge in [-0.2, -0.15) is 0 Å². The van der Waals surface area contributed by atoms with Gasteiger partial charge in [0.05, 0.1) is 0 Å². The lowest BCUT2D eigenvalue weighted by Gasteiger charge is -2.60. The zero-order valence-corrected chi connectivity index (χ0v) is 17.7. The minimum atomic E-state index is 0.112. The van der Waals surface area contributed by atoms with Gasteiger partial charge in [0, 0.05) is 24.1 Å². The Bertz CT molecular complexity index is 808. The van der Waals surface area contributed by atoms with Gasteiger partial charge in [0.2, 0.25) is 11.8 Å². The molecule has 1 saturated heterocycles. The Balaban J connectivity index is 1.36. The van der Waals surface area contributed by atoms with Crippen LogP contribution in [0.4, 0.5) is 5.69 Å². The van der Waals surface area contributed by atoms with Gasteiger partial charge in [-0.05, 0) is 85.7 Å². The van der Waals surface area contributed by atoms with Gasteiger partial charge in [-0.15, -0.1) is 0 Å². The molecule has 3 aliphatic carbocycles. The van der Waals surface area contributed by atoms with Gasteiger partial charge in [0.1, 0.15) is 0 Å². The normalized spacial score (nSPS) is 43.5. The topological polar surface area (TPSA) is 58.2 Å². The number of anilines is 1. The fraction of sp³-hybridized carbons (Fsp3) is 0.680. The summed E-state index contributed by atoms with van der Waals surface area (Å²) >= 11 is 0. The van der Waals surface area contributed by atoms with Crippen LogP contribution < -0.4 is 10.6 Å². The first-order valence-corrected chi connectivity index (χ1v) is 11.6. The van der Waals surface area contributed by atoms with E-state index in [1.54, 1.807) is 0 Å². The summed E-state index contributed by atoms with van der Waals surface area (Å²) < 4.78 is 0. The molecule has 0 bridgehead atoms. The molecule has 1 aromatic rings. The predicted octanol–water partition coefficient (Wildman–Crippen LogP) is 4.76. The molecule has 29 heavy (non-hydrogen) atoms. The van der Waals surface area contributed by atoms with Gasteiger partial charge in [0.25, 0.3) is 0 Å². The van der Waals surface area contributed by atoms with E-state index in [-0.39, 0.29) is 28.6 Å². The largest absolute Gasteiger partial charge is 0.353 e. The third-order valence-corrected chi connectivity index (χ3v) is 9.45. The molecular formula is C25H34N2O2. The van der Waals surface area contributed by atoms with E-state index in [2.05, 4.69) is 24.5 Å². The van der Waals surface area contributed by atoms with Gasteiger partial charge in [-0.1, -0.05) is 32.0 Å². The highest BCUT2D eigenvalue weighted by molar-refractivity contribution is 5.93. The van der Waals surface area contributed by atoms with Crippen LogP contribution in [0.3, 0.4) is 0 Å². The summed E-state index contributed by atoms with van der Waals surface area (Å²) in [5, 5.41) is 6.50. The lowest BCUT2D eigenvalue weighted by Crippen LogP contribution is -2.61. The first-order valence-electron chi connectivity index (χ1n) is 11.6. The van der Waals surface area contributed by atoms with Gasteiger partial charge < -0.3 is 10.6 Å². The van der Waals surface area contributed by atoms with Crippen LogP contribution in [-0.4, -0.2) is 17.9 Å². The second-order valence-corrected chi connectivity index (χ2v) is 10.6. The van der Waals surface area contributed by atoms with E-state index in [0.29, 0.717) is 30.2 Å². The van der Waals surface area contributed by atoms with Gasteiger partial charge in [0.15, 0.2) is 0 Å². The molecular weight excluding hydrogens is 360 g/mol. The van der Waals surface area contributed by atoms with Crippen LogP contribution in [0.1, 0.15) is 65.2 Å². The Morgan fingerprint density at radius 2 is 1.72 bits per heavy atom. The molecule has 0 radical (unpaired) electrons. The molecule has 4 heteroatoms. The highest BCUT2D eigenvalue weighted by Crippen LogP contribution is 2.65. The Morgan fingerprint density at radius 1 is 0.966 bits per heavy atom. The van der Waals surface area contributed by atoms with Crippen molar-refractivity contribution in [1.82, 2.24) is 5.32 Å². The standard InChI is InChI=1S/C25H34N2O2/c1-24-14-12-19-17(8-11-21-25(19,2)15-13-22(28)27-21)18(24)9-10-20(24)23(29)26-16-6-4-3-5-7-16/h3-7,17-21H,8-15H2,1-2H3,(H,26,29)(H,27,28)/t17-,18-,19-,20+,21+,24-,25+/m0/s1. The van der Waals surface area contributed by atoms with E-state index in [0.717, 1.165) is 31.4 Å². The molecule has 3 saturated carbocycles. The maximum Gasteiger partial charge on any atom is 0.228 e. The molecule has 1 heterocycles. The fourth-order valence-electron chi connectivity index (χ4n) is 7.88. The van der Waals surface area contributed by atoms with Crippen molar-refractivity contribution in [3.8, 4) is 0 Å². The summed E-state index contributed by atoms with van der Waals surface area (Å²) in [4.78, 5) is 25.2. The van der Waals surface area contributed by atoms with Gasteiger partial charge in [-0.25, -0.2) is 0 Å². The summed E-state index contributed by atoms with van der Waals surface area (Å²) in [7, 11) is 0. The van der Waals surface area contributed by atoms with Crippen molar-refractivity contribution < 1.29 is 9.59 Å². The zero-order valence-electron chi connectivity index (χ0n) is 17.7. The van der Waals surface area contributed by atoms with E-state index in [1.807, 2.05) is 30.3 Å². The molecule has 0 aromatic heterocycles. The predicted molar refractivity (Wildman–Crippen MR) is 114 cm³/mol. The first kappa shape index (κ1) is 19.1. The first-order chi connectivity index (χ1) is 13.9. The van der Waals surface area contributed by atoms with Crippen molar-refractivity contribution in [3.05, 3.63) is 30.3 Å². The molecule has 4 fully saturated rings. The number of benzene rings is 1. The fourth-order valence-corrected chi connectivity index (χ4v) is 7.88. The average Bonchev–Trinajstić information content (AvgIpc) is 3.06. The monoisotopic (exact) mass is 394 g/mol. The van der Waals surface area contributed by atoms with Crippen LogP contribution in [0.25, 0.3) is 0 Å². The second-order valence-electron chi connectivity index (χ2n) is 10.6. The van der Waals surface area contributed by atoms with E-state index < -0.39 is 0 Å². The quantitative estimate of drug-likeness (QED) is 0.760. The van der Waals surface area contributed by atoms with Crippen LogP contribution in [0.2, 0.25) is 0 Å². The summed E-state index contributed by atoms with van der Waals surface area (Å²) in [6, 6.07) is 10.2. The minimum Gasteiger partial charge on any atom is -0.353 e. The van der Waals surface area contributed by atoms with E-state index >= 15 is 0 Å². The smallest absolute Gasteiger partial charge is 0.228 e. The van der Waals surface area contributed by atoms with Crippen LogP contribution in [0.15, 0.2) is 30.3 Å². The van der Waals surface area contributed by atoms with Gasteiger partial charge in [-0.3, -0.25) is 9.59 Å². The number of piperidine rings is 1. The third-order valence-electron chi connectivity index (χ3n) is 9.45. The lowest BCUT2D eigenvalue weighted by molar-refractivity contribution is -0.140. The van der Waals surface area contributed by atoms with Crippen LogP contribution >= 0.6 is 0 Å². The Labute approximate surface area is 174 Å². The number of carbonyl (C=O) groups excluding carboxylic acids is 2. The molecule has 1 aliphatic heterocycles. The molecule has 0 spiro atoms. The van der Waals surface area contributed by atoms with E-state index in [9.17, 15) is 9.59 Å². The van der Waals surface area contributed by atoms with Crippen molar-refractivity contribution in [2.45, 2.75) is 71.3 Å². The molecule has 4 aliphatic rings. The second kappa shape index (κ2) is 6.85. The zero-order chi connectivity index (χ0) is 20.2. The number of rotatable bonds is 2. The van der Waals surface area contributed by atoms with Crippen molar-refractivity contribution in [2.24, 2.45) is 34.5 Å². The molecule has 0 unspecified atom stereocenters. The van der Waals surface area contributed by atoms with Gasteiger partial charge >= 0.3 is 0 Å². The Kier molecular flexibility index (Phi) is 4.52. The highest BCUT2D eigenvalue weighted by Gasteiger charge is 2.61. The van der Waals surface area contributed by atoms with Crippen molar-refractivity contribution in [2.75, 3.05) is 5.32 Å². The van der Waals surface area contributed by atoms with Crippen molar-refractivity contribution >= 4 is 17.5 Å². The van der Waals surface area contributed by atoms with Crippen LogP contribution in [0, 0.1) is 34.5 Å². The summed E-state index contributed by atoms with van der Waals surface area (Å²) in [6.07, 6.45) is 8.57. The van der Waals surface area contributed by atoms with E-state index in [1.165, 1.54) is 19.3 Å². The number of hydrogen-bond donors (Lipinski definition) is 2. The highest BCUT2D eigenvalue weighted by atomic mass is 16.2. The number of amides is 2. The molecule has 7 atom stereocenters. The maximum absolute atomic E-state index is 13.2. The minimum absolute atomic E-state index is 0.112. The molecule has 1 aromatic carbocycles. The number of nitrogens with one attached hydrogen (secondary N) is 2. The molecule has 2 amide bonds. The summed E-state index contributed by atoms with van der Waals surface area (Å²) in [6.45, 7) is 4.83. The number of para-hydroxylation sites is 1. The van der Waals surface area contributed by atoms with Crippen LogP contribution in [0.5, 0.6) is 0 Å². The van der Waals surface area contributed by atoms with Crippen molar-refractivity contribution in [3.63, 3.8) is 0 Å². The number of hydrogen-bond acceptors (Lipinski definition) is 2. The average molecular weight is 395 g/mol. The summed E-state index contributed by atoms with van der Waals surface area (Å²) in [5.74, 6) is 2.61. The molecule has 5 rings (SSSR count). The SMILES string of the molecule is C[C@]12CCC(=O)N[C@@H]1CC[C@@H]1[C@@H]2CC[C@]2(C)[C@@H](C(=O)Nc3ccccc3)CC[C@@H]12. The third kappa shape index (κ3) is 2.93. The lowest BCUT2D eigenvalue weighted by atomic mass is 9.47. The Hall–Kier alpha value is -1.84. The molecule has 2 N–H and O–H groups in total. The number of fused-ring (bicyclic) bond motifs is 5. The van der Waals surface area contributed by atoms with E-state index in [4.69, 9.17) is 0 Å². The van der Waals surface area contributed by atoms with Crippen LogP contribution in [-0.2, 0) is 9.59 Å².